The molecule has 1 atom stereocenters. The van der Waals surface area contributed by atoms with E-state index in [9.17, 15) is 18.0 Å². The van der Waals surface area contributed by atoms with E-state index in [0.717, 1.165) is 0 Å². The van der Waals surface area contributed by atoms with Crippen molar-refractivity contribution in [3.63, 3.8) is 0 Å². The minimum Gasteiger partial charge on any atom is -0.480 e. The third-order valence-electron chi connectivity index (χ3n) is 1.46. The van der Waals surface area contributed by atoms with Crippen molar-refractivity contribution in [3.05, 3.63) is 0 Å². The summed E-state index contributed by atoms with van der Waals surface area (Å²) < 4.78 is 34.8. The van der Waals surface area contributed by atoms with Gasteiger partial charge in [-0.25, -0.2) is 0 Å². The highest BCUT2D eigenvalue weighted by Gasteiger charge is 2.26. The minimum absolute atomic E-state index is 0.0625. The first-order chi connectivity index (χ1) is 5.83. The third-order valence-corrected chi connectivity index (χ3v) is 1.46. The molecule has 0 aromatic rings. The van der Waals surface area contributed by atoms with Crippen molar-refractivity contribution in [2.75, 3.05) is 6.54 Å². The summed E-state index contributed by atoms with van der Waals surface area (Å²) in [6, 6.07) is -0.798. The lowest BCUT2D eigenvalue weighted by molar-refractivity contribution is -0.139. The maximum absolute atomic E-state index is 11.6. The fourth-order valence-electron chi connectivity index (χ4n) is 0.695. The van der Waals surface area contributed by atoms with Gasteiger partial charge in [-0.2, -0.15) is 13.2 Å². The van der Waals surface area contributed by atoms with Gasteiger partial charge in [-0.05, 0) is 19.9 Å². The first kappa shape index (κ1) is 12.2. The number of rotatable bonds is 5. The van der Waals surface area contributed by atoms with E-state index in [4.69, 9.17) is 5.11 Å². The van der Waals surface area contributed by atoms with Crippen LogP contribution in [0.3, 0.4) is 0 Å². The SMILES string of the molecule is CC(NCCCC(F)(F)F)C(=O)O. The van der Waals surface area contributed by atoms with Gasteiger partial charge < -0.3 is 10.4 Å². The normalized spacial score (nSPS) is 14.2. The van der Waals surface area contributed by atoms with E-state index in [0.29, 0.717) is 0 Å². The molecule has 0 radical (unpaired) electrons. The maximum atomic E-state index is 11.6. The lowest BCUT2D eigenvalue weighted by atomic mass is 10.3. The molecule has 0 aliphatic rings. The van der Waals surface area contributed by atoms with Gasteiger partial charge in [0.2, 0.25) is 0 Å². The van der Waals surface area contributed by atoms with Crippen molar-refractivity contribution in [2.45, 2.75) is 32.0 Å². The van der Waals surface area contributed by atoms with Crippen molar-refractivity contribution in [2.24, 2.45) is 0 Å². The minimum atomic E-state index is -4.16. The molecule has 0 aliphatic carbocycles. The van der Waals surface area contributed by atoms with E-state index in [1.54, 1.807) is 0 Å². The predicted octanol–water partition coefficient (Wildman–Crippen LogP) is 1.39. The molecule has 0 amide bonds. The van der Waals surface area contributed by atoms with Gasteiger partial charge in [-0.3, -0.25) is 4.79 Å². The predicted molar refractivity (Wildman–Crippen MR) is 40.4 cm³/mol. The summed E-state index contributed by atoms with van der Waals surface area (Å²) in [6.45, 7) is 1.45. The Morgan fingerprint density at radius 1 is 1.54 bits per heavy atom. The van der Waals surface area contributed by atoms with Crippen molar-refractivity contribution in [1.82, 2.24) is 5.32 Å². The van der Waals surface area contributed by atoms with Crippen LogP contribution in [0.2, 0.25) is 0 Å². The van der Waals surface area contributed by atoms with E-state index in [2.05, 4.69) is 5.32 Å². The molecular weight excluding hydrogens is 187 g/mol. The van der Waals surface area contributed by atoms with Crippen LogP contribution in [0.25, 0.3) is 0 Å². The second kappa shape index (κ2) is 5.06. The molecule has 0 aliphatic heterocycles. The third kappa shape index (κ3) is 7.58. The summed E-state index contributed by atoms with van der Waals surface area (Å²) in [7, 11) is 0. The fourth-order valence-corrected chi connectivity index (χ4v) is 0.695. The number of aliphatic carboxylic acids is 1. The van der Waals surface area contributed by atoms with E-state index in [1.165, 1.54) is 6.92 Å². The molecule has 0 spiro atoms. The lowest BCUT2D eigenvalue weighted by Gasteiger charge is -2.09. The van der Waals surface area contributed by atoms with Gasteiger partial charge in [0, 0.05) is 6.42 Å². The van der Waals surface area contributed by atoms with Crippen LogP contribution in [-0.4, -0.2) is 29.8 Å². The summed E-state index contributed by atoms with van der Waals surface area (Å²) in [5.74, 6) is -1.06. The molecule has 3 nitrogen and oxygen atoms in total. The average molecular weight is 199 g/mol. The quantitative estimate of drug-likeness (QED) is 0.658. The van der Waals surface area contributed by atoms with Crippen molar-refractivity contribution >= 4 is 5.97 Å². The van der Waals surface area contributed by atoms with E-state index >= 15 is 0 Å². The van der Waals surface area contributed by atoms with Crippen LogP contribution in [0.15, 0.2) is 0 Å². The first-order valence-electron chi connectivity index (χ1n) is 3.86. The van der Waals surface area contributed by atoms with Gasteiger partial charge in [-0.1, -0.05) is 0 Å². The van der Waals surface area contributed by atoms with Crippen molar-refractivity contribution in [3.8, 4) is 0 Å². The number of carboxylic acids is 1. The Balaban J connectivity index is 3.41. The molecule has 13 heavy (non-hydrogen) atoms. The smallest absolute Gasteiger partial charge is 0.389 e. The van der Waals surface area contributed by atoms with Crippen LogP contribution in [0.1, 0.15) is 19.8 Å². The van der Waals surface area contributed by atoms with Gasteiger partial charge >= 0.3 is 12.1 Å². The van der Waals surface area contributed by atoms with E-state index in [1.807, 2.05) is 0 Å². The Kier molecular flexibility index (Phi) is 4.76. The Morgan fingerprint density at radius 2 is 2.08 bits per heavy atom. The summed E-state index contributed by atoms with van der Waals surface area (Å²) in [6.07, 6.45) is -5.14. The molecule has 0 saturated heterocycles. The molecule has 0 saturated carbocycles. The average Bonchev–Trinajstić information content (AvgIpc) is 1.95. The fraction of sp³-hybridized carbons (Fsp3) is 0.857. The molecular formula is C7H12F3NO2. The van der Waals surface area contributed by atoms with Gasteiger partial charge in [0.05, 0.1) is 0 Å². The largest absolute Gasteiger partial charge is 0.480 e. The van der Waals surface area contributed by atoms with Gasteiger partial charge in [-0.15, -0.1) is 0 Å². The zero-order valence-electron chi connectivity index (χ0n) is 7.19. The van der Waals surface area contributed by atoms with E-state index in [-0.39, 0.29) is 13.0 Å². The number of halogens is 3. The summed E-state index contributed by atoms with van der Waals surface area (Å²) in [5, 5.41) is 10.8. The standard InChI is InChI=1S/C7H12F3NO2/c1-5(6(12)13)11-4-2-3-7(8,9)10/h5,11H,2-4H2,1H3,(H,12,13). The highest BCUT2D eigenvalue weighted by molar-refractivity contribution is 5.72. The number of alkyl halides is 3. The maximum Gasteiger partial charge on any atom is 0.389 e. The molecule has 0 fully saturated rings. The Hall–Kier alpha value is -0.780. The van der Waals surface area contributed by atoms with Crippen LogP contribution < -0.4 is 5.32 Å². The Labute approximate surface area is 73.9 Å². The number of hydrogen-bond acceptors (Lipinski definition) is 2. The number of carboxylic acid groups (broad SMARTS) is 1. The Morgan fingerprint density at radius 3 is 2.46 bits per heavy atom. The zero-order chi connectivity index (χ0) is 10.5. The van der Waals surface area contributed by atoms with Gasteiger partial charge in [0.25, 0.3) is 0 Å². The summed E-state index contributed by atoms with van der Waals surface area (Å²) in [5.41, 5.74) is 0. The number of carbonyl (C=O) groups is 1. The van der Waals surface area contributed by atoms with Crippen LogP contribution in [0.4, 0.5) is 13.2 Å². The van der Waals surface area contributed by atoms with Crippen molar-refractivity contribution in [1.29, 1.82) is 0 Å². The molecule has 0 aromatic heterocycles. The van der Waals surface area contributed by atoms with Gasteiger partial charge in [0.1, 0.15) is 6.04 Å². The molecule has 1 unspecified atom stereocenters. The monoisotopic (exact) mass is 199 g/mol. The number of nitrogens with one attached hydrogen (secondary N) is 1. The second-order valence-corrected chi connectivity index (χ2v) is 2.73. The first-order valence-corrected chi connectivity index (χ1v) is 3.86. The molecule has 78 valence electrons. The summed E-state index contributed by atoms with van der Waals surface area (Å²) in [4.78, 5) is 10.2. The lowest BCUT2D eigenvalue weighted by Crippen LogP contribution is -2.34. The Bertz CT molecular complexity index is 170. The van der Waals surface area contributed by atoms with Crippen LogP contribution in [0, 0.1) is 0 Å². The molecule has 0 heterocycles. The van der Waals surface area contributed by atoms with Crippen LogP contribution in [-0.2, 0) is 4.79 Å². The van der Waals surface area contributed by atoms with E-state index < -0.39 is 24.6 Å². The van der Waals surface area contributed by atoms with Crippen LogP contribution >= 0.6 is 0 Å². The molecule has 2 N–H and O–H groups in total. The summed E-state index contributed by atoms with van der Waals surface area (Å²) >= 11 is 0. The highest BCUT2D eigenvalue weighted by Crippen LogP contribution is 2.20. The topological polar surface area (TPSA) is 49.3 Å². The second-order valence-electron chi connectivity index (χ2n) is 2.73. The number of hydrogen-bond donors (Lipinski definition) is 2. The highest BCUT2D eigenvalue weighted by atomic mass is 19.4. The zero-order valence-corrected chi connectivity index (χ0v) is 7.19. The molecule has 6 heteroatoms. The molecule has 0 bridgehead atoms. The van der Waals surface area contributed by atoms with Gasteiger partial charge in [0.15, 0.2) is 0 Å². The molecule has 0 aromatic carbocycles. The van der Waals surface area contributed by atoms with Crippen LogP contribution in [0.5, 0.6) is 0 Å². The molecule has 0 rings (SSSR count). The van der Waals surface area contributed by atoms with Crippen molar-refractivity contribution < 1.29 is 23.1 Å².